The standard InChI is InChI=1S/C15H23NOS/c1-12-6-4-5-7-13(12)16-15(9-17)8-14(2,3)10-18-11-15/h4-7,16-17H,8-11H2,1-3H3. The lowest BCUT2D eigenvalue weighted by Crippen LogP contribution is -2.51. The molecule has 2 rings (SSSR count). The third-order valence-electron chi connectivity index (χ3n) is 3.54. The molecule has 0 bridgehead atoms. The van der Waals surface area contributed by atoms with E-state index in [0.29, 0.717) is 0 Å². The summed E-state index contributed by atoms with van der Waals surface area (Å²) < 4.78 is 0. The fourth-order valence-corrected chi connectivity index (χ4v) is 4.17. The zero-order valence-electron chi connectivity index (χ0n) is 11.5. The number of para-hydroxylation sites is 1. The van der Waals surface area contributed by atoms with Gasteiger partial charge < -0.3 is 10.4 Å². The topological polar surface area (TPSA) is 32.3 Å². The summed E-state index contributed by atoms with van der Waals surface area (Å²) in [7, 11) is 0. The van der Waals surface area contributed by atoms with E-state index in [4.69, 9.17) is 0 Å². The van der Waals surface area contributed by atoms with E-state index in [2.05, 4.69) is 38.2 Å². The Morgan fingerprint density at radius 3 is 2.61 bits per heavy atom. The van der Waals surface area contributed by atoms with Crippen LogP contribution >= 0.6 is 11.8 Å². The molecule has 18 heavy (non-hydrogen) atoms. The molecule has 1 fully saturated rings. The molecule has 0 aromatic heterocycles. The van der Waals surface area contributed by atoms with Crippen molar-refractivity contribution in [3.8, 4) is 0 Å². The molecule has 1 aliphatic rings. The van der Waals surface area contributed by atoms with Crippen molar-refractivity contribution in [2.75, 3.05) is 23.4 Å². The third-order valence-corrected chi connectivity index (χ3v) is 5.28. The van der Waals surface area contributed by atoms with E-state index in [-0.39, 0.29) is 17.6 Å². The van der Waals surface area contributed by atoms with Crippen LogP contribution < -0.4 is 5.32 Å². The molecule has 0 amide bonds. The second kappa shape index (κ2) is 5.14. The van der Waals surface area contributed by atoms with E-state index in [0.717, 1.165) is 17.9 Å². The van der Waals surface area contributed by atoms with Gasteiger partial charge in [0.2, 0.25) is 0 Å². The van der Waals surface area contributed by atoms with Gasteiger partial charge in [-0.15, -0.1) is 0 Å². The Bertz CT molecular complexity index is 419. The third kappa shape index (κ3) is 3.01. The molecular weight excluding hydrogens is 242 g/mol. The molecule has 1 heterocycles. The van der Waals surface area contributed by atoms with Gasteiger partial charge in [0.25, 0.3) is 0 Å². The van der Waals surface area contributed by atoms with Gasteiger partial charge in [0.05, 0.1) is 12.1 Å². The minimum Gasteiger partial charge on any atom is -0.394 e. The molecule has 1 unspecified atom stereocenters. The number of rotatable bonds is 3. The maximum atomic E-state index is 9.85. The highest BCUT2D eigenvalue weighted by molar-refractivity contribution is 7.99. The van der Waals surface area contributed by atoms with Crippen molar-refractivity contribution < 1.29 is 5.11 Å². The number of hydrogen-bond donors (Lipinski definition) is 2. The maximum absolute atomic E-state index is 9.85. The van der Waals surface area contributed by atoms with Gasteiger partial charge in [-0.2, -0.15) is 11.8 Å². The summed E-state index contributed by atoms with van der Waals surface area (Å²) in [6, 6.07) is 8.29. The average Bonchev–Trinajstić information content (AvgIpc) is 2.31. The molecule has 1 aliphatic heterocycles. The number of hydrogen-bond acceptors (Lipinski definition) is 3. The summed E-state index contributed by atoms with van der Waals surface area (Å²) in [5, 5.41) is 13.4. The highest BCUT2D eigenvalue weighted by Crippen LogP contribution is 2.40. The Kier molecular flexibility index (Phi) is 3.93. The van der Waals surface area contributed by atoms with Crippen molar-refractivity contribution in [3.63, 3.8) is 0 Å². The zero-order valence-corrected chi connectivity index (χ0v) is 12.3. The van der Waals surface area contributed by atoms with Gasteiger partial charge in [-0.3, -0.25) is 0 Å². The summed E-state index contributed by atoms with van der Waals surface area (Å²) in [5.41, 5.74) is 2.48. The van der Waals surface area contributed by atoms with E-state index in [1.807, 2.05) is 23.9 Å². The molecule has 0 radical (unpaired) electrons. The fourth-order valence-electron chi connectivity index (χ4n) is 2.76. The Balaban J connectivity index is 2.21. The van der Waals surface area contributed by atoms with Crippen LogP contribution in [0.25, 0.3) is 0 Å². The summed E-state index contributed by atoms with van der Waals surface area (Å²) in [6.07, 6.45) is 1.01. The van der Waals surface area contributed by atoms with E-state index in [1.165, 1.54) is 11.3 Å². The van der Waals surface area contributed by atoms with Gasteiger partial charge in [-0.25, -0.2) is 0 Å². The Hall–Kier alpha value is -0.670. The highest BCUT2D eigenvalue weighted by atomic mass is 32.2. The second-order valence-electron chi connectivity index (χ2n) is 6.21. The summed E-state index contributed by atoms with van der Waals surface area (Å²) in [4.78, 5) is 0. The van der Waals surface area contributed by atoms with E-state index >= 15 is 0 Å². The molecule has 0 spiro atoms. The second-order valence-corrected chi connectivity index (χ2v) is 7.20. The molecule has 100 valence electrons. The van der Waals surface area contributed by atoms with Gasteiger partial charge in [0.1, 0.15) is 0 Å². The largest absolute Gasteiger partial charge is 0.394 e. The smallest absolute Gasteiger partial charge is 0.0699 e. The summed E-state index contributed by atoms with van der Waals surface area (Å²) in [6.45, 7) is 6.86. The molecule has 1 aromatic carbocycles. The van der Waals surface area contributed by atoms with Crippen molar-refractivity contribution in [2.24, 2.45) is 5.41 Å². The molecule has 2 N–H and O–H groups in total. The Labute approximate surface area is 114 Å². The fraction of sp³-hybridized carbons (Fsp3) is 0.600. The van der Waals surface area contributed by atoms with Crippen molar-refractivity contribution in [1.82, 2.24) is 0 Å². The van der Waals surface area contributed by atoms with Crippen LogP contribution in [0.3, 0.4) is 0 Å². The minimum atomic E-state index is -0.182. The summed E-state index contributed by atoms with van der Waals surface area (Å²) in [5.74, 6) is 2.14. The number of benzene rings is 1. The van der Waals surface area contributed by atoms with Gasteiger partial charge >= 0.3 is 0 Å². The van der Waals surface area contributed by atoms with Gasteiger partial charge in [-0.05, 0) is 36.1 Å². The van der Waals surface area contributed by atoms with Crippen molar-refractivity contribution in [1.29, 1.82) is 0 Å². The number of anilines is 1. The first kappa shape index (κ1) is 13.8. The number of aliphatic hydroxyl groups is 1. The van der Waals surface area contributed by atoms with Crippen molar-refractivity contribution in [2.45, 2.75) is 32.7 Å². The number of aryl methyl sites for hydroxylation is 1. The quantitative estimate of drug-likeness (QED) is 0.879. The minimum absolute atomic E-state index is 0.182. The first-order valence-corrected chi connectivity index (χ1v) is 7.64. The number of nitrogens with one attached hydrogen (secondary N) is 1. The Morgan fingerprint density at radius 2 is 2.00 bits per heavy atom. The lowest BCUT2D eigenvalue weighted by atomic mass is 9.80. The van der Waals surface area contributed by atoms with Crippen LogP contribution in [0.5, 0.6) is 0 Å². The molecule has 1 atom stereocenters. The first-order valence-electron chi connectivity index (χ1n) is 6.49. The zero-order chi connectivity index (χ0) is 13.2. The van der Waals surface area contributed by atoms with Gasteiger partial charge in [0, 0.05) is 11.4 Å². The van der Waals surface area contributed by atoms with E-state index in [1.54, 1.807) is 0 Å². The maximum Gasteiger partial charge on any atom is 0.0699 e. The molecule has 0 saturated carbocycles. The molecule has 3 heteroatoms. The van der Waals surface area contributed by atoms with Crippen LogP contribution in [-0.4, -0.2) is 28.8 Å². The highest BCUT2D eigenvalue weighted by Gasteiger charge is 2.40. The van der Waals surface area contributed by atoms with Crippen LogP contribution in [0.1, 0.15) is 25.8 Å². The first-order chi connectivity index (χ1) is 8.46. The lowest BCUT2D eigenvalue weighted by Gasteiger charge is -2.44. The van der Waals surface area contributed by atoms with E-state index in [9.17, 15) is 5.11 Å². The van der Waals surface area contributed by atoms with E-state index < -0.39 is 0 Å². The lowest BCUT2D eigenvalue weighted by molar-refractivity contribution is 0.174. The molecule has 1 aromatic rings. The predicted molar refractivity (Wildman–Crippen MR) is 80.3 cm³/mol. The van der Waals surface area contributed by atoms with Crippen LogP contribution in [0.15, 0.2) is 24.3 Å². The van der Waals surface area contributed by atoms with Crippen LogP contribution in [0.4, 0.5) is 5.69 Å². The van der Waals surface area contributed by atoms with Gasteiger partial charge in [-0.1, -0.05) is 32.0 Å². The number of aliphatic hydroxyl groups excluding tert-OH is 1. The van der Waals surface area contributed by atoms with Crippen LogP contribution in [0.2, 0.25) is 0 Å². The van der Waals surface area contributed by atoms with Crippen molar-refractivity contribution >= 4 is 17.4 Å². The van der Waals surface area contributed by atoms with Crippen molar-refractivity contribution in [3.05, 3.63) is 29.8 Å². The molecule has 2 nitrogen and oxygen atoms in total. The average molecular weight is 265 g/mol. The SMILES string of the molecule is Cc1ccccc1NC1(CO)CSCC(C)(C)C1. The molecule has 0 aliphatic carbocycles. The molecular formula is C15H23NOS. The Morgan fingerprint density at radius 1 is 1.28 bits per heavy atom. The monoisotopic (exact) mass is 265 g/mol. The van der Waals surface area contributed by atoms with Crippen LogP contribution in [-0.2, 0) is 0 Å². The van der Waals surface area contributed by atoms with Crippen LogP contribution in [0, 0.1) is 12.3 Å². The summed E-state index contributed by atoms with van der Waals surface area (Å²) >= 11 is 1.94. The normalized spacial score (nSPS) is 26.9. The van der Waals surface area contributed by atoms with Gasteiger partial charge in [0.15, 0.2) is 0 Å². The number of thioether (sulfide) groups is 1. The molecule has 1 saturated heterocycles. The predicted octanol–water partition coefficient (Wildman–Crippen LogP) is 3.30.